The van der Waals surface area contributed by atoms with Crippen molar-refractivity contribution in [3.05, 3.63) is 73.5 Å². The minimum Gasteiger partial charge on any atom is -0.343 e. The molecule has 0 unspecified atom stereocenters. The number of hydrogen-bond donors (Lipinski definition) is 1. The fourth-order valence-corrected chi connectivity index (χ4v) is 4.15. The summed E-state index contributed by atoms with van der Waals surface area (Å²) in [5.41, 5.74) is 4.98. The molecule has 1 aromatic heterocycles. The Bertz CT molecular complexity index is 1130. The lowest BCUT2D eigenvalue weighted by Crippen LogP contribution is -2.23. The predicted molar refractivity (Wildman–Crippen MR) is 108 cm³/mol. The molecule has 0 spiro atoms. The Morgan fingerprint density at radius 3 is 2.69 bits per heavy atom. The number of aromatic nitrogens is 1. The first-order valence-electron chi connectivity index (χ1n) is 8.61. The van der Waals surface area contributed by atoms with E-state index in [-0.39, 0.29) is 22.9 Å². The second-order valence-electron chi connectivity index (χ2n) is 7.05. The molecule has 1 aliphatic heterocycles. The van der Waals surface area contributed by atoms with Crippen molar-refractivity contribution < 1.29 is 4.79 Å². The number of rotatable bonds is 2. The lowest BCUT2D eigenvalue weighted by atomic mass is 10.1. The molecule has 1 aliphatic rings. The van der Waals surface area contributed by atoms with E-state index in [1.165, 1.54) is 0 Å². The standard InChI is InChI=1S/C21H19BrN2O2/c1-11-4-5-16(6-12(11)2)23-21(26)18-10-24-13(3)7-14-8-15(22)9-17(19(14)24)20(18)25/h4-6,8-10,13H,7H2,1-3H3,(H,23,26)/t13-/m1/s1. The fourth-order valence-electron chi connectivity index (χ4n) is 3.64. The van der Waals surface area contributed by atoms with Gasteiger partial charge in [-0.15, -0.1) is 0 Å². The molecule has 0 aliphatic carbocycles. The first kappa shape index (κ1) is 17.0. The first-order chi connectivity index (χ1) is 12.3. The monoisotopic (exact) mass is 410 g/mol. The Morgan fingerprint density at radius 1 is 1.19 bits per heavy atom. The summed E-state index contributed by atoms with van der Waals surface area (Å²) in [7, 11) is 0. The molecule has 2 aromatic carbocycles. The van der Waals surface area contributed by atoms with Gasteiger partial charge in [0.1, 0.15) is 5.56 Å². The van der Waals surface area contributed by atoms with E-state index in [0.717, 1.165) is 33.1 Å². The number of benzene rings is 2. The average molecular weight is 411 g/mol. The highest BCUT2D eigenvalue weighted by Crippen LogP contribution is 2.33. The third-order valence-electron chi connectivity index (χ3n) is 5.17. The zero-order valence-corrected chi connectivity index (χ0v) is 16.5. The normalized spacial score (nSPS) is 15.5. The molecule has 1 atom stereocenters. The van der Waals surface area contributed by atoms with E-state index in [1.54, 1.807) is 6.20 Å². The third-order valence-corrected chi connectivity index (χ3v) is 5.63. The maximum Gasteiger partial charge on any atom is 0.261 e. The molecule has 0 fully saturated rings. The molecule has 1 amide bonds. The van der Waals surface area contributed by atoms with Crippen LogP contribution in [0, 0.1) is 13.8 Å². The number of carbonyl (C=O) groups is 1. The molecular weight excluding hydrogens is 392 g/mol. The van der Waals surface area contributed by atoms with E-state index in [9.17, 15) is 9.59 Å². The molecule has 2 heterocycles. The second-order valence-corrected chi connectivity index (χ2v) is 7.96. The Kier molecular flexibility index (Phi) is 3.99. The van der Waals surface area contributed by atoms with Gasteiger partial charge in [0.05, 0.1) is 5.52 Å². The van der Waals surface area contributed by atoms with Crippen molar-refractivity contribution in [2.45, 2.75) is 33.2 Å². The van der Waals surface area contributed by atoms with Crippen LogP contribution < -0.4 is 10.7 Å². The van der Waals surface area contributed by atoms with Gasteiger partial charge < -0.3 is 9.88 Å². The summed E-state index contributed by atoms with van der Waals surface area (Å²) in [6, 6.07) is 9.82. The molecule has 3 aromatic rings. The summed E-state index contributed by atoms with van der Waals surface area (Å²) in [6.07, 6.45) is 2.56. The first-order valence-corrected chi connectivity index (χ1v) is 9.40. The summed E-state index contributed by atoms with van der Waals surface area (Å²) in [6.45, 7) is 6.12. The number of carbonyl (C=O) groups excluding carboxylic acids is 1. The highest BCUT2D eigenvalue weighted by molar-refractivity contribution is 9.10. The summed E-state index contributed by atoms with van der Waals surface area (Å²) >= 11 is 3.48. The number of anilines is 1. The minimum absolute atomic E-state index is 0.175. The van der Waals surface area contributed by atoms with Crippen molar-refractivity contribution in [3.63, 3.8) is 0 Å². The van der Waals surface area contributed by atoms with Crippen LogP contribution in [-0.2, 0) is 6.42 Å². The predicted octanol–water partition coefficient (Wildman–Crippen LogP) is 4.75. The van der Waals surface area contributed by atoms with Crippen LogP contribution in [0.1, 0.15) is 40.0 Å². The lowest BCUT2D eigenvalue weighted by Gasteiger charge is -2.13. The summed E-state index contributed by atoms with van der Waals surface area (Å²) in [5, 5.41) is 3.45. The van der Waals surface area contributed by atoms with Gasteiger partial charge in [0.25, 0.3) is 5.91 Å². The van der Waals surface area contributed by atoms with E-state index in [0.29, 0.717) is 11.1 Å². The molecular formula is C21H19BrN2O2. The van der Waals surface area contributed by atoms with Crippen molar-refractivity contribution in [2.24, 2.45) is 0 Å². The topological polar surface area (TPSA) is 51.1 Å². The number of hydrogen-bond acceptors (Lipinski definition) is 2. The quantitative estimate of drug-likeness (QED) is 0.662. The highest BCUT2D eigenvalue weighted by atomic mass is 79.9. The van der Waals surface area contributed by atoms with Gasteiger partial charge in [-0.2, -0.15) is 0 Å². The van der Waals surface area contributed by atoms with Crippen LogP contribution in [0.2, 0.25) is 0 Å². The van der Waals surface area contributed by atoms with Crippen LogP contribution in [0.3, 0.4) is 0 Å². The minimum atomic E-state index is -0.371. The van der Waals surface area contributed by atoms with Crippen LogP contribution in [0.25, 0.3) is 10.9 Å². The fraction of sp³-hybridized carbons (Fsp3) is 0.238. The summed E-state index contributed by atoms with van der Waals surface area (Å²) in [5.74, 6) is -0.371. The maximum atomic E-state index is 13.0. The van der Waals surface area contributed by atoms with Crippen LogP contribution in [0.15, 0.2) is 45.8 Å². The van der Waals surface area contributed by atoms with Crippen molar-refractivity contribution in [1.82, 2.24) is 4.57 Å². The number of nitrogens with zero attached hydrogens (tertiary/aromatic N) is 1. The number of amides is 1. The molecule has 0 saturated carbocycles. The summed E-state index contributed by atoms with van der Waals surface area (Å²) < 4.78 is 2.91. The van der Waals surface area contributed by atoms with E-state index in [1.807, 2.05) is 42.7 Å². The van der Waals surface area contributed by atoms with Crippen molar-refractivity contribution in [3.8, 4) is 0 Å². The van der Waals surface area contributed by atoms with Crippen LogP contribution >= 0.6 is 15.9 Å². The van der Waals surface area contributed by atoms with Crippen molar-refractivity contribution in [1.29, 1.82) is 0 Å². The molecule has 4 nitrogen and oxygen atoms in total. The molecule has 26 heavy (non-hydrogen) atoms. The van der Waals surface area contributed by atoms with Gasteiger partial charge in [-0.3, -0.25) is 9.59 Å². The van der Waals surface area contributed by atoms with E-state index >= 15 is 0 Å². The molecule has 0 radical (unpaired) electrons. The Labute approximate surface area is 160 Å². The molecule has 0 saturated heterocycles. The Morgan fingerprint density at radius 2 is 1.96 bits per heavy atom. The molecule has 4 rings (SSSR count). The molecule has 0 bridgehead atoms. The van der Waals surface area contributed by atoms with Gasteiger partial charge in [0.15, 0.2) is 0 Å². The zero-order chi connectivity index (χ0) is 18.6. The largest absolute Gasteiger partial charge is 0.343 e. The highest BCUT2D eigenvalue weighted by Gasteiger charge is 2.25. The van der Waals surface area contributed by atoms with Gasteiger partial charge in [0.2, 0.25) is 5.43 Å². The second kappa shape index (κ2) is 6.09. The van der Waals surface area contributed by atoms with Gasteiger partial charge in [0, 0.05) is 27.8 Å². The average Bonchev–Trinajstić information content (AvgIpc) is 2.89. The van der Waals surface area contributed by atoms with E-state index in [2.05, 4.69) is 34.2 Å². The van der Waals surface area contributed by atoms with Crippen molar-refractivity contribution in [2.75, 3.05) is 5.32 Å². The van der Waals surface area contributed by atoms with Crippen LogP contribution in [-0.4, -0.2) is 10.5 Å². The van der Waals surface area contributed by atoms with E-state index < -0.39 is 0 Å². The number of pyridine rings is 1. The maximum absolute atomic E-state index is 13.0. The number of halogens is 1. The van der Waals surface area contributed by atoms with Crippen molar-refractivity contribution >= 4 is 38.4 Å². The Hall–Kier alpha value is -2.40. The zero-order valence-electron chi connectivity index (χ0n) is 14.9. The molecule has 1 N–H and O–H groups in total. The van der Waals surface area contributed by atoms with Crippen LogP contribution in [0.4, 0.5) is 5.69 Å². The third kappa shape index (κ3) is 2.67. The summed E-state index contributed by atoms with van der Waals surface area (Å²) in [4.78, 5) is 25.8. The van der Waals surface area contributed by atoms with Crippen LogP contribution in [0.5, 0.6) is 0 Å². The number of nitrogens with one attached hydrogen (secondary N) is 1. The Balaban J connectivity index is 1.82. The van der Waals surface area contributed by atoms with Gasteiger partial charge in [-0.1, -0.05) is 22.0 Å². The smallest absolute Gasteiger partial charge is 0.261 e. The number of aryl methyl sites for hydroxylation is 2. The SMILES string of the molecule is Cc1ccc(NC(=O)c2cn3c4c(cc(Br)cc4c2=O)C[C@H]3C)cc1C. The molecule has 5 heteroatoms. The van der Waals surface area contributed by atoms with E-state index in [4.69, 9.17) is 0 Å². The lowest BCUT2D eigenvalue weighted by molar-refractivity contribution is 0.102. The van der Waals surface area contributed by atoms with Gasteiger partial charge in [-0.25, -0.2) is 0 Å². The van der Waals surface area contributed by atoms with Gasteiger partial charge >= 0.3 is 0 Å². The molecule has 132 valence electrons. The van der Waals surface area contributed by atoms with Gasteiger partial charge in [-0.05, 0) is 68.1 Å².